The van der Waals surface area contributed by atoms with Crippen molar-refractivity contribution in [3.63, 3.8) is 0 Å². The van der Waals surface area contributed by atoms with Gasteiger partial charge in [0.15, 0.2) is 11.6 Å². The summed E-state index contributed by atoms with van der Waals surface area (Å²) < 4.78 is 26.5. The number of hydrogen-bond acceptors (Lipinski definition) is 8. The lowest BCUT2D eigenvalue weighted by atomic mass is 9.72. The summed E-state index contributed by atoms with van der Waals surface area (Å²) >= 11 is 0. The van der Waals surface area contributed by atoms with Gasteiger partial charge in [0.25, 0.3) is 5.91 Å². The van der Waals surface area contributed by atoms with Crippen LogP contribution in [0.1, 0.15) is 62.7 Å². The number of anilines is 1. The van der Waals surface area contributed by atoms with Crippen LogP contribution in [0.5, 0.6) is 11.5 Å². The number of likely N-dealkylation sites (tertiary alicyclic amines) is 1. The average molecular weight is 589 g/mol. The van der Waals surface area contributed by atoms with Crippen molar-refractivity contribution in [2.45, 2.75) is 76.6 Å². The number of hydrogen-bond donors (Lipinski definition) is 1. The molecule has 1 aromatic carbocycles. The summed E-state index contributed by atoms with van der Waals surface area (Å²) in [6.07, 6.45) is 9.77. The second kappa shape index (κ2) is 12.4. The molecule has 2 N–H and O–H groups in total. The van der Waals surface area contributed by atoms with Crippen LogP contribution in [-0.4, -0.2) is 89.2 Å². The molecule has 1 saturated carbocycles. The largest absolute Gasteiger partial charge is 0.451 e. The molecule has 41 heavy (non-hydrogen) atoms. The van der Waals surface area contributed by atoms with E-state index in [1.54, 1.807) is 6.20 Å². The number of ether oxygens (including phenoxy) is 2. The second-order valence-electron chi connectivity index (χ2n) is 12.4. The fraction of sp³-hybridized carbons (Fsp3) is 0.633. The van der Waals surface area contributed by atoms with Crippen molar-refractivity contribution in [1.82, 2.24) is 19.8 Å². The summed E-state index contributed by atoms with van der Waals surface area (Å²) in [5.74, 6) is 0.838. The van der Waals surface area contributed by atoms with E-state index in [2.05, 4.69) is 19.8 Å². The zero-order chi connectivity index (χ0) is 27.9. The Balaban J connectivity index is 0.00000337. The Morgan fingerprint density at radius 2 is 1.95 bits per heavy atom. The predicted molar refractivity (Wildman–Crippen MR) is 157 cm³/mol. The molecule has 4 aliphatic rings. The van der Waals surface area contributed by atoms with Gasteiger partial charge in [-0.2, -0.15) is 0 Å². The molecular formula is C30H42ClFN6O3. The number of carbonyl (C=O) groups is 1. The number of halogens is 2. The summed E-state index contributed by atoms with van der Waals surface area (Å²) in [5.41, 5.74) is 6.47. The summed E-state index contributed by atoms with van der Waals surface area (Å²) in [7, 11) is 0. The highest BCUT2D eigenvalue weighted by atomic mass is 35.5. The van der Waals surface area contributed by atoms with Gasteiger partial charge < -0.3 is 29.9 Å². The third-order valence-electron chi connectivity index (χ3n) is 8.92. The molecule has 1 spiro atoms. The van der Waals surface area contributed by atoms with Crippen LogP contribution in [0.15, 0.2) is 30.7 Å². The maximum Gasteiger partial charge on any atom is 0.258 e. The topological polar surface area (TPSA) is 97.1 Å². The van der Waals surface area contributed by atoms with E-state index in [4.69, 9.17) is 15.2 Å². The van der Waals surface area contributed by atoms with Gasteiger partial charge in [0, 0.05) is 43.2 Å². The van der Waals surface area contributed by atoms with E-state index in [0.717, 1.165) is 71.2 Å². The standard InChI is InChI=1S/C30H41FN6O3.ClH/c1-20(2)37(23-5-6-23)29(38)25-13-21(31)3-8-26(25)40-27-14-33-19-34-28(27)36-17-30(18-36)9-11-35(12-10-30)15-24-7-4-22(32)16-39-24;/h3,8,13-14,19-20,22-24H,4-7,9-12,15-18,32H2,1-2H3;1H/t22-,24+;/m1./s1. The first kappa shape index (κ1) is 29.9. The molecule has 3 aliphatic heterocycles. The van der Waals surface area contributed by atoms with Gasteiger partial charge in [-0.1, -0.05) is 0 Å². The lowest BCUT2D eigenvalue weighted by Crippen LogP contribution is -2.61. The summed E-state index contributed by atoms with van der Waals surface area (Å²) in [4.78, 5) is 28.8. The van der Waals surface area contributed by atoms with Crippen molar-refractivity contribution >= 4 is 24.1 Å². The van der Waals surface area contributed by atoms with E-state index in [1.807, 2.05) is 18.7 Å². The lowest BCUT2D eigenvalue weighted by Gasteiger charge is -2.54. The Hall–Kier alpha value is -2.53. The molecular weight excluding hydrogens is 547 g/mol. The summed E-state index contributed by atoms with van der Waals surface area (Å²) in [6, 6.07) is 4.54. The predicted octanol–water partition coefficient (Wildman–Crippen LogP) is 4.25. The van der Waals surface area contributed by atoms with E-state index in [-0.39, 0.29) is 47.4 Å². The molecule has 11 heteroatoms. The van der Waals surface area contributed by atoms with Crippen LogP contribution in [0.3, 0.4) is 0 Å². The van der Waals surface area contributed by atoms with Gasteiger partial charge in [0.1, 0.15) is 17.9 Å². The van der Waals surface area contributed by atoms with Gasteiger partial charge in [0.2, 0.25) is 0 Å². The zero-order valence-corrected chi connectivity index (χ0v) is 24.8. The first-order chi connectivity index (χ1) is 19.3. The molecule has 2 aromatic rings. The first-order valence-electron chi connectivity index (χ1n) is 14.7. The molecule has 1 amide bonds. The minimum absolute atomic E-state index is 0. The van der Waals surface area contributed by atoms with Crippen molar-refractivity contribution in [2.24, 2.45) is 11.1 Å². The molecule has 6 rings (SSSR count). The SMILES string of the molecule is CC(C)N(C(=O)c1cc(F)ccc1Oc1cncnc1N1CC2(CCN(C[C@@H]3CC[C@@H](N)CO3)CC2)C1)C1CC1.Cl. The maximum absolute atomic E-state index is 14.3. The number of nitrogens with two attached hydrogens (primary N) is 1. The Labute approximate surface area is 248 Å². The molecule has 1 aromatic heterocycles. The van der Waals surface area contributed by atoms with Crippen molar-refractivity contribution < 1.29 is 18.7 Å². The quantitative estimate of drug-likeness (QED) is 0.489. The molecule has 3 saturated heterocycles. The molecule has 224 valence electrons. The Morgan fingerprint density at radius 1 is 1.20 bits per heavy atom. The molecule has 1 aliphatic carbocycles. The molecule has 4 heterocycles. The Bertz CT molecular complexity index is 1200. The third kappa shape index (κ3) is 6.61. The van der Waals surface area contributed by atoms with Crippen LogP contribution >= 0.6 is 12.4 Å². The summed E-state index contributed by atoms with van der Waals surface area (Å²) in [6.45, 7) is 9.59. The third-order valence-corrected chi connectivity index (χ3v) is 8.92. The molecule has 4 fully saturated rings. The van der Waals surface area contributed by atoms with Crippen LogP contribution in [0.4, 0.5) is 10.2 Å². The number of aromatic nitrogens is 2. The average Bonchev–Trinajstić information content (AvgIpc) is 3.75. The maximum atomic E-state index is 14.3. The number of carbonyl (C=O) groups excluding carboxylic acids is 1. The van der Waals surface area contributed by atoms with Crippen LogP contribution in [-0.2, 0) is 4.74 Å². The van der Waals surface area contributed by atoms with Crippen molar-refractivity contribution in [1.29, 1.82) is 0 Å². The van der Waals surface area contributed by atoms with Crippen molar-refractivity contribution in [2.75, 3.05) is 44.2 Å². The number of nitrogens with zero attached hydrogens (tertiary/aromatic N) is 5. The second-order valence-corrected chi connectivity index (χ2v) is 12.4. The fourth-order valence-corrected chi connectivity index (χ4v) is 6.51. The van der Waals surface area contributed by atoms with Crippen LogP contribution in [0.2, 0.25) is 0 Å². The molecule has 0 radical (unpaired) electrons. The van der Waals surface area contributed by atoms with Crippen molar-refractivity contribution in [3.05, 3.63) is 42.1 Å². The smallest absolute Gasteiger partial charge is 0.258 e. The highest BCUT2D eigenvalue weighted by molar-refractivity contribution is 5.97. The minimum atomic E-state index is -0.464. The van der Waals surface area contributed by atoms with Gasteiger partial charge in [-0.05, 0) is 83.7 Å². The highest BCUT2D eigenvalue weighted by Gasteiger charge is 2.46. The van der Waals surface area contributed by atoms with Gasteiger partial charge in [-0.15, -0.1) is 12.4 Å². The van der Waals surface area contributed by atoms with E-state index >= 15 is 0 Å². The molecule has 9 nitrogen and oxygen atoms in total. The Kier molecular flexibility index (Phi) is 9.04. The molecule has 0 bridgehead atoms. The normalized spacial score (nSPS) is 24.1. The van der Waals surface area contributed by atoms with E-state index in [0.29, 0.717) is 30.0 Å². The van der Waals surface area contributed by atoms with Crippen molar-refractivity contribution in [3.8, 4) is 11.5 Å². The van der Waals surface area contributed by atoms with E-state index < -0.39 is 5.82 Å². The number of benzene rings is 1. The Morgan fingerprint density at radius 3 is 2.61 bits per heavy atom. The first-order valence-corrected chi connectivity index (χ1v) is 14.7. The summed E-state index contributed by atoms with van der Waals surface area (Å²) in [5, 5.41) is 0. The lowest BCUT2D eigenvalue weighted by molar-refractivity contribution is -0.0277. The van der Waals surface area contributed by atoms with Gasteiger partial charge in [-0.3, -0.25) is 4.79 Å². The van der Waals surface area contributed by atoms with E-state index in [9.17, 15) is 9.18 Å². The van der Waals surface area contributed by atoms with E-state index in [1.165, 1.54) is 24.5 Å². The van der Waals surface area contributed by atoms with Gasteiger partial charge in [-0.25, -0.2) is 14.4 Å². The monoisotopic (exact) mass is 588 g/mol. The molecule has 0 unspecified atom stereocenters. The van der Waals surface area contributed by atoms with Crippen LogP contribution in [0, 0.1) is 11.2 Å². The fourth-order valence-electron chi connectivity index (χ4n) is 6.51. The minimum Gasteiger partial charge on any atom is -0.451 e. The van der Waals surface area contributed by atoms with Crippen LogP contribution < -0.4 is 15.4 Å². The number of piperidine rings is 1. The molecule has 2 atom stereocenters. The number of amides is 1. The zero-order valence-electron chi connectivity index (χ0n) is 24.0. The number of rotatable bonds is 8. The van der Waals surface area contributed by atoms with Gasteiger partial charge in [0.05, 0.1) is 24.5 Å². The highest BCUT2D eigenvalue weighted by Crippen LogP contribution is 2.45. The van der Waals surface area contributed by atoms with Crippen LogP contribution in [0.25, 0.3) is 0 Å². The van der Waals surface area contributed by atoms with Gasteiger partial charge >= 0.3 is 0 Å².